The molecule has 13 heteroatoms. The van der Waals surface area contributed by atoms with Crippen LogP contribution in [-0.2, 0) is 32.2 Å². The van der Waals surface area contributed by atoms with Gasteiger partial charge in [-0.25, -0.2) is 9.59 Å². The fourth-order valence-electron chi connectivity index (χ4n) is 4.99. The molecule has 3 atom stereocenters. The average Bonchev–Trinajstić information content (AvgIpc) is 3.15. The third-order valence-electron chi connectivity index (χ3n) is 8.87. The van der Waals surface area contributed by atoms with Crippen LogP contribution in [0.3, 0.4) is 0 Å². The van der Waals surface area contributed by atoms with Crippen LogP contribution >= 0.6 is 0 Å². The summed E-state index contributed by atoms with van der Waals surface area (Å²) in [5.41, 5.74) is 1.42. The van der Waals surface area contributed by atoms with Crippen LogP contribution in [0.25, 0.3) is 22.2 Å². The first kappa shape index (κ1) is 36.9. The summed E-state index contributed by atoms with van der Waals surface area (Å²) >= 11 is 0. The Kier molecular flexibility index (Phi) is 10.7. The monoisotopic (exact) mass is 680 g/mol. The van der Waals surface area contributed by atoms with Gasteiger partial charge in [0.1, 0.15) is 17.2 Å². The molecule has 2 heterocycles. The van der Waals surface area contributed by atoms with Gasteiger partial charge in [0.05, 0.1) is 37.9 Å². The molecule has 2 N–H and O–H groups in total. The van der Waals surface area contributed by atoms with E-state index in [2.05, 4.69) is 45.3 Å². The van der Waals surface area contributed by atoms with E-state index in [-0.39, 0.29) is 37.8 Å². The maximum absolute atomic E-state index is 13.5. The summed E-state index contributed by atoms with van der Waals surface area (Å²) in [6.07, 6.45) is -1.63. The Morgan fingerprint density at radius 1 is 1.12 bits per heavy atom. The molecule has 48 heavy (non-hydrogen) atoms. The molecule has 1 saturated heterocycles. The molecule has 4 rings (SSSR count). The number of rotatable bonds is 8. The number of aryl methyl sites for hydroxylation is 1. The summed E-state index contributed by atoms with van der Waals surface area (Å²) in [4.78, 5) is 39.8. The van der Waals surface area contributed by atoms with Crippen LogP contribution in [0.1, 0.15) is 47.1 Å². The number of fused-ring (bicyclic) bond motifs is 1. The number of nitriles is 1. The molecule has 1 aliphatic heterocycles. The lowest BCUT2D eigenvalue weighted by Gasteiger charge is -2.39. The van der Waals surface area contributed by atoms with Crippen LogP contribution in [0, 0.1) is 11.3 Å². The van der Waals surface area contributed by atoms with Gasteiger partial charge in [-0.1, -0.05) is 51.1 Å². The fraction of sp³-hybridized carbons (Fsp3) is 0.543. The highest BCUT2D eigenvalue weighted by Gasteiger charge is 2.44. The molecule has 0 spiro atoms. The highest BCUT2D eigenvalue weighted by molar-refractivity contribution is 6.74. The number of aromatic nitrogens is 1. The van der Waals surface area contributed by atoms with E-state index in [1.807, 2.05) is 36.4 Å². The average molecular weight is 681 g/mol. The Morgan fingerprint density at radius 3 is 2.38 bits per heavy atom. The quantitative estimate of drug-likeness (QED) is 0.321. The zero-order valence-electron chi connectivity index (χ0n) is 29.4. The van der Waals surface area contributed by atoms with E-state index in [4.69, 9.17) is 18.3 Å². The summed E-state index contributed by atoms with van der Waals surface area (Å²) in [5, 5.41) is 24.2. The first-order valence-electron chi connectivity index (χ1n) is 16.0. The molecule has 1 aliphatic rings. The molecular weight excluding hydrogens is 632 g/mol. The molecule has 0 saturated carbocycles. The number of amides is 2. The molecular formula is C35H48N4O8Si. The third kappa shape index (κ3) is 8.93. The number of nitrogens with zero attached hydrogens (tertiary/aromatic N) is 3. The zero-order valence-corrected chi connectivity index (χ0v) is 30.4. The van der Waals surface area contributed by atoms with Gasteiger partial charge in [0, 0.05) is 13.5 Å². The smallest absolute Gasteiger partial charge is 0.419 e. The maximum Gasteiger partial charge on any atom is 0.419 e. The topological polar surface area (TPSA) is 156 Å². The fourth-order valence-corrected chi connectivity index (χ4v) is 6.05. The number of aliphatic hydroxyl groups is 1. The largest absolute Gasteiger partial charge is 0.444 e. The lowest BCUT2D eigenvalue weighted by Crippen LogP contribution is -2.53. The minimum Gasteiger partial charge on any atom is -0.444 e. The van der Waals surface area contributed by atoms with Gasteiger partial charge in [-0.05, 0) is 67.7 Å². The molecule has 2 amide bonds. The second-order valence-corrected chi connectivity index (χ2v) is 19.9. The minimum absolute atomic E-state index is 0.0813. The number of hydrogen-bond acceptors (Lipinski definition) is 9. The van der Waals surface area contributed by atoms with Gasteiger partial charge < -0.3 is 33.6 Å². The molecule has 0 aliphatic carbocycles. The van der Waals surface area contributed by atoms with Crippen molar-refractivity contribution in [1.29, 1.82) is 5.26 Å². The number of carbonyl (C=O) groups excluding carboxylic acids is 2. The van der Waals surface area contributed by atoms with Crippen LogP contribution in [0.4, 0.5) is 4.79 Å². The Bertz CT molecular complexity index is 1730. The Hall–Kier alpha value is -3.96. The number of oxazole rings is 1. The predicted molar refractivity (Wildman–Crippen MR) is 184 cm³/mol. The van der Waals surface area contributed by atoms with Crippen LogP contribution in [-0.4, -0.2) is 84.5 Å². The van der Waals surface area contributed by atoms with E-state index < -0.39 is 49.4 Å². The normalized spacial score (nSPS) is 19.8. The molecule has 0 unspecified atom stereocenters. The van der Waals surface area contributed by atoms with Crippen molar-refractivity contribution >= 4 is 31.4 Å². The number of hydrogen-bond donors (Lipinski definition) is 2. The van der Waals surface area contributed by atoms with Crippen LogP contribution in [0.15, 0.2) is 51.7 Å². The van der Waals surface area contributed by atoms with Crippen molar-refractivity contribution in [3.8, 4) is 17.2 Å². The van der Waals surface area contributed by atoms with Crippen molar-refractivity contribution in [2.75, 3.05) is 26.3 Å². The van der Waals surface area contributed by atoms with Crippen LogP contribution in [0.5, 0.6) is 0 Å². The molecule has 3 aromatic rings. The highest BCUT2D eigenvalue weighted by atomic mass is 28.4. The Balaban J connectivity index is 1.46. The number of β-amino-alcohol motifs (C(OH)–C–C–N with tert-alkyl or cyclic N) is 1. The van der Waals surface area contributed by atoms with E-state index in [0.29, 0.717) is 11.1 Å². The zero-order chi connectivity index (χ0) is 35.7. The summed E-state index contributed by atoms with van der Waals surface area (Å²) in [7, 11) is -0.610. The van der Waals surface area contributed by atoms with Gasteiger partial charge in [-0.3, -0.25) is 9.36 Å². The SMILES string of the molecule is Cn1c(=O)oc2ccc(-c3ccc(C[C@@H](C#N)NC(=O)[C@@H]4CN(C(=O)OC(C)(C)C)C[C@](O)(CO[Si](C)(C)C(C)(C)C)CO4)cc3)cc21. The molecule has 260 valence electrons. The highest BCUT2D eigenvalue weighted by Crippen LogP contribution is 2.37. The van der Waals surface area contributed by atoms with Gasteiger partial charge in [-0.15, -0.1) is 0 Å². The summed E-state index contributed by atoms with van der Waals surface area (Å²) < 4.78 is 24.5. The van der Waals surface area contributed by atoms with E-state index >= 15 is 0 Å². The van der Waals surface area contributed by atoms with E-state index in [1.54, 1.807) is 33.9 Å². The number of nitrogens with one attached hydrogen (secondary N) is 1. The Morgan fingerprint density at radius 2 is 1.77 bits per heavy atom. The van der Waals surface area contributed by atoms with E-state index in [9.17, 15) is 24.8 Å². The summed E-state index contributed by atoms with van der Waals surface area (Å²) in [6.45, 7) is 14.9. The van der Waals surface area contributed by atoms with E-state index in [0.717, 1.165) is 16.7 Å². The number of carbonyl (C=O) groups is 2. The van der Waals surface area contributed by atoms with Crippen molar-refractivity contribution in [1.82, 2.24) is 14.8 Å². The first-order valence-corrected chi connectivity index (χ1v) is 19.0. The third-order valence-corrected chi connectivity index (χ3v) is 13.3. The van der Waals surface area contributed by atoms with Crippen LogP contribution < -0.4 is 11.1 Å². The standard InChI is InChI=1S/C35H48N4O8Si/c1-33(2,3)47-32(42)39-19-29(44-21-35(43,20-39)22-45-48(8,9)34(4,5)6)30(40)37-26(18-36)16-23-10-12-24(13-11-23)25-14-15-28-27(17-25)38(7)31(41)46-28/h10-15,17,26,29,43H,16,19-22H2,1-9H3,(H,37,40)/t26-,29-,35+/m0/s1. The molecule has 0 radical (unpaired) electrons. The van der Waals surface area contributed by atoms with Crippen molar-refractivity contribution in [2.24, 2.45) is 7.05 Å². The Labute approximate surface area is 282 Å². The van der Waals surface area contributed by atoms with Gasteiger partial charge in [0.2, 0.25) is 0 Å². The number of benzene rings is 2. The second-order valence-electron chi connectivity index (χ2n) is 15.1. The molecule has 1 fully saturated rings. The van der Waals surface area contributed by atoms with Crippen molar-refractivity contribution in [3.05, 3.63) is 58.6 Å². The lowest BCUT2D eigenvalue weighted by molar-refractivity contribution is -0.137. The van der Waals surface area contributed by atoms with Crippen LogP contribution in [0.2, 0.25) is 18.1 Å². The van der Waals surface area contributed by atoms with Gasteiger partial charge in [-0.2, -0.15) is 5.26 Å². The van der Waals surface area contributed by atoms with Crippen molar-refractivity contribution in [2.45, 2.75) is 89.4 Å². The summed E-state index contributed by atoms with van der Waals surface area (Å²) in [5.74, 6) is -1.01. The number of ether oxygens (including phenoxy) is 2. The molecule has 0 bridgehead atoms. The second kappa shape index (κ2) is 13.9. The lowest BCUT2D eigenvalue weighted by atomic mass is 10.0. The van der Waals surface area contributed by atoms with Gasteiger partial charge in [0.15, 0.2) is 20.0 Å². The van der Waals surface area contributed by atoms with E-state index in [1.165, 1.54) is 9.47 Å². The minimum atomic E-state index is -2.26. The van der Waals surface area contributed by atoms with Gasteiger partial charge in [0.25, 0.3) is 5.91 Å². The van der Waals surface area contributed by atoms with Crippen molar-refractivity contribution < 1.29 is 33.0 Å². The van der Waals surface area contributed by atoms with Crippen molar-refractivity contribution in [3.63, 3.8) is 0 Å². The molecule has 1 aromatic heterocycles. The maximum atomic E-state index is 13.5. The predicted octanol–water partition coefficient (Wildman–Crippen LogP) is 4.74. The first-order chi connectivity index (χ1) is 22.2. The molecule has 2 aromatic carbocycles. The summed E-state index contributed by atoms with van der Waals surface area (Å²) in [6, 6.07) is 14.3. The molecule has 12 nitrogen and oxygen atoms in total. The van der Waals surface area contributed by atoms with Gasteiger partial charge >= 0.3 is 11.8 Å².